The van der Waals surface area contributed by atoms with Crippen LogP contribution in [0.4, 0.5) is 0 Å². The number of esters is 1. The summed E-state index contributed by atoms with van der Waals surface area (Å²) in [5.74, 6) is 0.709. The maximum atomic E-state index is 13.5. The number of carbonyl (C=O) groups excluding carboxylic acids is 2. The molecule has 10 heteroatoms. The number of nitrogens with one attached hydrogen (secondary N) is 1. The number of hydrogen-bond donors (Lipinski definition) is 1. The Morgan fingerprint density at radius 3 is 2.60 bits per heavy atom. The van der Waals surface area contributed by atoms with Crippen molar-refractivity contribution in [3.05, 3.63) is 113 Å². The van der Waals surface area contributed by atoms with Gasteiger partial charge in [-0.15, -0.1) is 0 Å². The quantitative estimate of drug-likeness (QED) is 0.223. The monoisotopic (exact) mass is 584 g/mol. The molecule has 1 N–H and O–H groups in total. The second-order valence-electron chi connectivity index (χ2n) is 9.61. The van der Waals surface area contributed by atoms with E-state index in [9.17, 15) is 9.59 Å². The van der Waals surface area contributed by atoms with Crippen molar-refractivity contribution in [2.24, 2.45) is 4.99 Å². The molecule has 9 nitrogen and oxygen atoms in total. The molecule has 42 heavy (non-hydrogen) atoms. The average Bonchev–Trinajstić information content (AvgIpc) is 3.39. The number of fused-ring (bicyclic) bond motifs is 1. The highest BCUT2D eigenvalue weighted by Gasteiger charge is 2.41. The van der Waals surface area contributed by atoms with Gasteiger partial charge in [0, 0.05) is 37.7 Å². The number of carbonyl (C=O) groups is 2. The Morgan fingerprint density at radius 1 is 1.00 bits per heavy atom. The smallest absolute Gasteiger partial charge is 0.338 e. The molecule has 1 aromatic heterocycles. The summed E-state index contributed by atoms with van der Waals surface area (Å²) in [6.45, 7) is 2.66. The molecule has 0 radical (unpaired) electrons. The van der Waals surface area contributed by atoms with Gasteiger partial charge in [-0.25, -0.2) is 9.79 Å². The Kier molecular flexibility index (Phi) is 9.68. The van der Waals surface area contributed by atoms with Gasteiger partial charge in [0.25, 0.3) is 0 Å². The van der Waals surface area contributed by atoms with Crippen molar-refractivity contribution in [1.82, 2.24) is 15.2 Å². The highest BCUT2D eigenvalue weighted by atomic mass is 32.2. The van der Waals surface area contributed by atoms with Crippen LogP contribution in [0.2, 0.25) is 0 Å². The van der Waals surface area contributed by atoms with Gasteiger partial charge in [-0.2, -0.15) is 0 Å². The molecule has 0 spiro atoms. The number of hydrogen-bond acceptors (Lipinski definition) is 9. The van der Waals surface area contributed by atoms with E-state index in [1.165, 1.54) is 11.8 Å². The van der Waals surface area contributed by atoms with Gasteiger partial charge < -0.3 is 24.4 Å². The number of aliphatic imine (C=N–C) groups is 1. The van der Waals surface area contributed by atoms with E-state index in [0.717, 1.165) is 17.0 Å². The van der Waals surface area contributed by atoms with E-state index in [1.54, 1.807) is 20.2 Å². The molecular formula is C32H32N4O5S. The van der Waals surface area contributed by atoms with Gasteiger partial charge in [0.05, 0.1) is 30.3 Å². The number of aromatic nitrogens is 1. The molecule has 2 aliphatic heterocycles. The Bertz CT molecular complexity index is 1510. The standard InChI is InChI=1S/C32H32N4O5S/c1-22-29(31(38)40-18-17-39-2)30(23-9-8-13-27(19-23)41-26-11-4-3-5-12-26)36-25(21-42-32(36)35-22)20-28(37)34-16-14-24-10-6-7-15-33-24/h3-13,15,19,21,30H,14,16-18,20H2,1-2H3,(H,34,37). The predicted molar refractivity (Wildman–Crippen MR) is 162 cm³/mol. The van der Waals surface area contributed by atoms with E-state index in [-0.39, 0.29) is 25.5 Å². The summed E-state index contributed by atoms with van der Waals surface area (Å²) in [7, 11) is 1.55. The number of para-hydroxylation sites is 1. The molecule has 3 heterocycles. The molecule has 216 valence electrons. The Hall–Kier alpha value is -4.41. The lowest BCUT2D eigenvalue weighted by Crippen LogP contribution is -2.38. The molecule has 2 aliphatic rings. The average molecular weight is 585 g/mol. The van der Waals surface area contributed by atoms with Crippen LogP contribution in [0.1, 0.15) is 30.6 Å². The zero-order chi connectivity index (χ0) is 29.3. The lowest BCUT2D eigenvalue weighted by Gasteiger charge is -2.36. The molecule has 0 fully saturated rings. The van der Waals surface area contributed by atoms with Crippen LogP contribution in [0, 0.1) is 0 Å². The van der Waals surface area contributed by atoms with E-state index in [2.05, 4.69) is 10.3 Å². The second kappa shape index (κ2) is 14.0. The zero-order valence-corrected chi connectivity index (χ0v) is 24.3. The van der Waals surface area contributed by atoms with Crippen molar-refractivity contribution in [2.45, 2.75) is 25.8 Å². The molecule has 3 aromatic rings. The van der Waals surface area contributed by atoms with Gasteiger partial charge in [-0.1, -0.05) is 48.2 Å². The Balaban J connectivity index is 1.40. The van der Waals surface area contributed by atoms with Crippen molar-refractivity contribution < 1.29 is 23.8 Å². The third-order valence-corrected chi connectivity index (χ3v) is 7.55. The minimum absolute atomic E-state index is 0.114. The van der Waals surface area contributed by atoms with Gasteiger partial charge in [-0.3, -0.25) is 9.78 Å². The van der Waals surface area contributed by atoms with Crippen molar-refractivity contribution in [3.8, 4) is 11.5 Å². The van der Waals surface area contributed by atoms with Crippen LogP contribution >= 0.6 is 11.8 Å². The molecule has 0 saturated carbocycles. The molecule has 1 atom stereocenters. The number of ether oxygens (including phenoxy) is 3. The summed E-state index contributed by atoms with van der Waals surface area (Å²) >= 11 is 1.43. The number of nitrogens with zero attached hydrogens (tertiary/aromatic N) is 3. The van der Waals surface area contributed by atoms with E-state index in [4.69, 9.17) is 19.2 Å². The lowest BCUT2D eigenvalue weighted by atomic mass is 9.93. The predicted octanol–water partition coefficient (Wildman–Crippen LogP) is 5.39. The van der Waals surface area contributed by atoms with Gasteiger partial charge in [0.15, 0.2) is 5.17 Å². The van der Waals surface area contributed by atoms with Gasteiger partial charge in [0.2, 0.25) is 5.91 Å². The molecule has 1 amide bonds. The number of rotatable bonds is 12. The van der Waals surface area contributed by atoms with Gasteiger partial charge >= 0.3 is 5.97 Å². The van der Waals surface area contributed by atoms with E-state index in [0.29, 0.717) is 40.9 Å². The maximum Gasteiger partial charge on any atom is 0.338 e. The Morgan fingerprint density at radius 2 is 1.81 bits per heavy atom. The zero-order valence-electron chi connectivity index (χ0n) is 23.5. The second-order valence-corrected chi connectivity index (χ2v) is 10.4. The third kappa shape index (κ3) is 7.07. The first-order valence-electron chi connectivity index (χ1n) is 13.6. The molecule has 0 aliphatic carbocycles. The minimum atomic E-state index is -0.575. The van der Waals surface area contributed by atoms with Gasteiger partial charge in [0.1, 0.15) is 18.1 Å². The fraction of sp³-hybridized carbons (Fsp3) is 0.250. The Labute approximate surface area is 249 Å². The summed E-state index contributed by atoms with van der Waals surface area (Å²) in [4.78, 5) is 37.5. The summed E-state index contributed by atoms with van der Waals surface area (Å²) in [5, 5.41) is 5.60. The summed E-state index contributed by atoms with van der Waals surface area (Å²) < 4.78 is 16.8. The number of methoxy groups -OCH3 is 1. The van der Waals surface area contributed by atoms with E-state index in [1.807, 2.05) is 83.1 Å². The first-order valence-corrected chi connectivity index (χ1v) is 14.5. The highest BCUT2D eigenvalue weighted by Crippen LogP contribution is 2.45. The third-order valence-electron chi connectivity index (χ3n) is 6.67. The van der Waals surface area contributed by atoms with Gasteiger partial charge in [-0.05, 0) is 54.3 Å². The maximum absolute atomic E-state index is 13.5. The number of amides is 1. The number of amidine groups is 1. The number of allylic oxidation sites excluding steroid dienone is 1. The fourth-order valence-corrected chi connectivity index (χ4v) is 5.68. The van der Waals surface area contributed by atoms with Crippen LogP contribution in [-0.4, -0.2) is 53.8 Å². The normalized spacial score (nSPS) is 16.0. The number of thioether (sulfide) groups is 1. The van der Waals surface area contributed by atoms with Crippen molar-refractivity contribution in [1.29, 1.82) is 0 Å². The molecule has 2 aromatic carbocycles. The molecule has 5 rings (SSSR count). The van der Waals surface area contributed by atoms with Crippen molar-refractivity contribution in [3.63, 3.8) is 0 Å². The largest absolute Gasteiger partial charge is 0.460 e. The van der Waals surface area contributed by atoms with Crippen LogP contribution in [0.3, 0.4) is 0 Å². The highest BCUT2D eigenvalue weighted by molar-refractivity contribution is 8.16. The van der Waals surface area contributed by atoms with E-state index >= 15 is 0 Å². The molecular weight excluding hydrogens is 552 g/mol. The van der Waals surface area contributed by atoms with Crippen molar-refractivity contribution >= 4 is 28.8 Å². The first-order chi connectivity index (χ1) is 20.5. The van der Waals surface area contributed by atoms with Crippen LogP contribution in [-0.2, 0) is 25.5 Å². The van der Waals surface area contributed by atoms with E-state index < -0.39 is 12.0 Å². The number of pyridine rings is 1. The van der Waals surface area contributed by atoms with Crippen LogP contribution in [0.5, 0.6) is 11.5 Å². The summed E-state index contributed by atoms with van der Waals surface area (Å²) in [6.07, 6.45) is 2.49. The minimum Gasteiger partial charge on any atom is -0.460 e. The fourth-order valence-electron chi connectivity index (χ4n) is 4.72. The molecule has 1 unspecified atom stereocenters. The van der Waals surface area contributed by atoms with Crippen molar-refractivity contribution in [2.75, 3.05) is 26.9 Å². The topological polar surface area (TPSA) is 102 Å². The molecule has 0 bridgehead atoms. The SMILES string of the molecule is COCCOC(=O)C1=C(C)N=C2SC=C(CC(=O)NCCc3ccccn3)N2C1c1cccc(Oc2ccccc2)c1. The summed E-state index contributed by atoms with van der Waals surface area (Å²) in [6, 6.07) is 22.2. The van der Waals surface area contributed by atoms with Crippen LogP contribution in [0.25, 0.3) is 0 Å². The number of benzene rings is 2. The molecule has 0 saturated heterocycles. The van der Waals surface area contributed by atoms with Crippen LogP contribution < -0.4 is 10.1 Å². The lowest BCUT2D eigenvalue weighted by molar-refractivity contribution is -0.141. The summed E-state index contributed by atoms with van der Waals surface area (Å²) in [5.41, 5.74) is 3.41. The first kappa shape index (κ1) is 29.1. The van der Waals surface area contributed by atoms with Crippen LogP contribution in [0.15, 0.2) is 106 Å².